The maximum atomic E-state index is 11.5. The minimum Gasteiger partial charge on any atom is -0.485 e. The molecule has 0 N–H and O–H groups in total. The van der Waals surface area contributed by atoms with Gasteiger partial charge in [0.15, 0.2) is 15.7 Å². The summed E-state index contributed by atoms with van der Waals surface area (Å²) < 4.78 is 30.1. The fourth-order valence-corrected chi connectivity index (χ4v) is 3.06. The number of ether oxygens (including phenoxy) is 1. The van der Waals surface area contributed by atoms with Gasteiger partial charge in [0, 0.05) is 12.3 Å². The minimum absolute atomic E-state index is 0.0250. The number of hydrogen-bond donors (Lipinski definition) is 0. The van der Waals surface area contributed by atoms with E-state index >= 15 is 0 Å². The zero-order valence-electron chi connectivity index (χ0n) is 14.4. The predicted octanol–water partition coefficient (Wildman–Crippen LogP) is 1.86. The van der Waals surface area contributed by atoms with Crippen LogP contribution in [0.5, 0.6) is 5.75 Å². The number of nitro benzene ring substituents is 1. The minimum atomic E-state index is -3.30. The van der Waals surface area contributed by atoms with E-state index in [4.69, 9.17) is 4.74 Å². The Kier molecular flexibility index (Phi) is 4.86. The molecule has 0 radical (unpaired) electrons. The highest BCUT2D eigenvalue weighted by Gasteiger charge is 2.16. The molecule has 1 aromatic heterocycles. The molecule has 0 saturated heterocycles. The molecule has 3 rings (SSSR count). The first-order valence-electron chi connectivity index (χ1n) is 7.72. The van der Waals surface area contributed by atoms with Gasteiger partial charge in [-0.3, -0.25) is 10.1 Å². The molecule has 0 spiro atoms. The number of tetrazole rings is 1. The third kappa shape index (κ3) is 3.92. The second-order valence-corrected chi connectivity index (χ2v) is 7.73. The van der Waals surface area contributed by atoms with Crippen molar-refractivity contribution in [2.24, 2.45) is 0 Å². The van der Waals surface area contributed by atoms with Gasteiger partial charge in [0.25, 0.3) is 5.69 Å². The average Bonchev–Trinajstić information content (AvgIpc) is 3.08. The Morgan fingerprint density at radius 2 is 1.89 bits per heavy atom. The number of hydrogen-bond acceptors (Lipinski definition) is 8. The van der Waals surface area contributed by atoms with Gasteiger partial charge in [0.05, 0.1) is 21.1 Å². The van der Waals surface area contributed by atoms with Gasteiger partial charge in [-0.1, -0.05) is 6.07 Å². The summed E-state index contributed by atoms with van der Waals surface area (Å²) in [6.45, 7) is 1.57. The maximum Gasteiger partial charge on any atom is 0.276 e. The van der Waals surface area contributed by atoms with Gasteiger partial charge in [-0.25, -0.2) is 8.42 Å². The molecule has 0 atom stereocenters. The second-order valence-electron chi connectivity index (χ2n) is 5.72. The summed E-state index contributed by atoms with van der Waals surface area (Å²) in [5, 5.41) is 22.4. The van der Waals surface area contributed by atoms with E-state index in [0.717, 1.165) is 6.26 Å². The lowest BCUT2D eigenvalue weighted by atomic mass is 10.2. The molecular weight excluding hydrogens is 374 g/mol. The van der Waals surface area contributed by atoms with E-state index in [2.05, 4.69) is 15.5 Å². The van der Waals surface area contributed by atoms with Crippen molar-refractivity contribution < 1.29 is 18.1 Å². The van der Waals surface area contributed by atoms with Crippen LogP contribution >= 0.6 is 0 Å². The monoisotopic (exact) mass is 389 g/mol. The lowest BCUT2D eigenvalue weighted by molar-refractivity contribution is -0.385. The third-order valence-corrected chi connectivity index (χ3v) is 4.98. The van der Waals surface area contributed by atoms with Gasteiger partial charge >= 0.3 is 0 Å². The highest BCUT2D eigenvalue weighted by atomic mass is 32.2. The van der Waals surface area contributed by atoms with Crippen LogP contribution < -0.4 is 4.74 Å². The van der Waals surface area contributed by atoms with E-state index in [-0.39, 0.29) is 17.2 Å². The average molecular weight is 389 g/mol. The molecule has 0 aliphatic carbocycles. The summed E-state index contributed by atoms with van der Waals surface area (Å²) >= 11 is 0. The second kappa shape index (κ2) is 7.11. The molecule has 0 fully saturated rings. The third-order valence-electron chi connectivity index (χ3n) is 3.85. The molecule has 11 heteroatoms. The molecule has 10 nitrogen and oxygen atoms in total. The Morgan fingerprint density at radius 3 is 2.52 bits per heavy atom. The SMILES string of the molecule is Cc1c(OCc2nnnn2-c2ccc(S(C)(=O)=O)cc2)cccc1[N+](=O)[O-]. The molecule has 0 aliphatic rings. The maximum absolute atomic E-state index is 11.5. The van der Waals surface area contributed by atoms with Gasteiger partial charge < -0.3 is 4.74 Å². The van der Waals surface area contributed by atoms with Crippen LogP contribution in [0.1, 0.15) is 11.4 Å². The van der Waals surface area contributed by atoms with Crippen LogP contribution in [0.2, 0.25) is 0 Å². The molecule has 0 aliphatic heterocycles. The zero-order chi connectivity index (χ0) is 19.6. The normalized spacial score (nSPS) is 11.3. The first-order valence-corrected chi connectivity index (χ1v) is 9.61. The molecule has 27 heavy (non-hydrogen) atoms. The van der Waals surface area contributed by atoms with E-state index in [1.165, 1.54) is 28.9 Å². The van der Waals surface area contributed by atoms with Crippen LogP contribution in [-0.4, -0.2) is 39.8 Å². The van der Waals surface area contributed by atoms with E-state index < -0.39 is 14.8 Å². The lowest BCUT2D eigenvalue weighted by Gasteiger charge is -2.09. The van der Waals surface area contributed by atoms with E-state index in [9.17, 15) is 18.5 Å². The summed E-state index contributed by atoms with van der Waals surface area (Å²) in [7, 11) is -3.30. The topological polar surface area (TPSA) is 130 Å². The van der Waals surface area contributed by atoms with E-state index in [1.54, 1.807) is 25.1 Å². The first kappa shape index (κ1) is 18.5. The molecule has 140 valence electrons. The quantitative estimate of drug-likeness (QED) is 0.461. The van der Waals surface area contributed by atoms with Gasteiger partial charge in [-0.05, 0) is 47.7 Å². The molecule has 2 aromatic carbocycles. The van der Waals surface area contributed by atoms with Crippen LogP contribution in [0.25, 0.3) is 5.69 Å². The summed E-state index contributed by atoms with van der Waals surface area (Å²) in [4.78, 5) is 10.7. The highest BCUT2D eigenvalue weighted by Crippen LogP contribution is 2.27. The number of rotatable bonds is 6. The number of sulfone groups is 1. The molecule has 0 amide bonds. The van der Waals surface area contributed by atoms with Crippen molar-refractivity contribution in [2.75, 3.05) is 6.26 Å². The number of nitrogens with zero attached hydrogens (tertiary/aromatic N) is 5. The Balaban J connectivity index is 1.83. The van der Waals surface area contributed by atoms with Crippen molar-refractivity contribution in [1.29, 1.82) is 0 Å². The summed E-state index contributed by atoms with van der Waals surface area (Å²) in [5.74, 6) is 0.708. The van der Waals surface area contributed by atoms with Crippen molar-refractivity contribution >= 4 is 15.5 Å². The van der Waals surface area contributed by atoms with Crippen molar-refractivity contribution in [2.45, 2.75) is 18.4 Å². The first-order chi connectivity index (χ1) is 12.8. The Labute approximate surface area is 154 Å². The number of benzene rings is 2. The molecule has 0 saturated carbocycles. The molecule has 1 heterocycles. The Morgan fingerprint density at radius 1 is 1.19 bits per heavy atom. The van der Waals surface area contributed by atoms with Crippen LogP contribution in [0.15, 0.2) is 47.4 Å². The van der Waals surface area contributed by atoms with Crippen molar-refractivity contribution in [3.05, 3.63) is 64.0 Å². The largest absolute Gasteiger partial charge is 0.485 e. The van der Waals surface area contributed by atoms with Crippen LogP contribution in [0.4, 0.5) is 5.69 Å². The summed E-state index contributed by atoms with van der Waals surface area (Å²) in [6.07, 6.45) is 1.12. The molecule has 0 bridgehead atoms. The Hall–Kier alpha value is -3.34. The van der Waals surface area contributed by atoms with Crippen LogP contribution in [0.3, 0.4) is 0 Å². The van der Waals surface area contributed by atoms with Gasteiger partial charge in [0.2, 0.25) is 0 Å². The molecular formula is C16H15N5O5S. The highest BCUT2D eigenvalue weighted by molar-refractivity contribution is 7.90. The van der Waals surface area contributed by atoms with Gasteiger partial charge in [-0.15, -0.1) is 5.10 Å². The lowest BCUT2D eigenvalue weighted by Crippen LogP contribution is -2.08. The molecule has 3 aromatic rings. The van der Waals surface area contributed by atoms with Crippen molar-refractivity contribution in [3.8, 4) is 11.4 Å². The van der Waals surface area contributed by atoms with Gasteiger partial charge in [-0.2, -0.15) is 4.68 Å². The fourth-order valence-electron chi connectivity index (χ4n) is 2.43. The number of nitro groups is 1. The fraction of sp³-hybridized carbons (Fsp3) is 0.188. The molecule has 0 unspecified atom stereocenters. The van der Waals surface area contributed by atoms with Gasteiger partial charge in [0.1, 0.15) is 12.4 Å². The Bertz CT molecular complexity index is 1090. The van der Waals surface area contributed by atoms with Crippen molar-refractivity contribution in [3.63, 3.8) is 0 Å². The van der Waals surface area contributed by atoms with Crippen LogP contribution in [0, 0.1) is 17.0 Å². The summed E-state index contributed by atoms with van der Waals surface area (Å²) in [5.41, 5.74) is 0.921. The van der Waals surface area contributed by atoms with Crippen LogP contribution in [-0.2, 0) is 16.4 Å². The standard InChI is InChI=1S/C16H15N5O5S/c1-11-14(21(22)23)4-3-5-15(11)26-10-16-17-18-19-20(16)12-6-8-13(9-7-12)27(2,24)25/h3-9H,10H2,1-2H3. The van der Waals surface area contributed by atoms with E-state index in [0.29, 0.717) is 22.8 Å². The smallest absolute Gasteiger partial charge is 0.276 e. The summed E-state index contributed by atoms with van der Waals surface area (Å²) in [6, 6.07) is 10.6. The van der Waals surface area contributed by atoms with Crippen molar-refractivity contribution in [1.82, 2.24) is 20.2 Å². The zero-order valence-corrected chi connectivity index (χ0v) is 15.3. The predicted molar refractivity (Wildman–Crippen MR) is 94.4 cm³/mol. The van der Waals surface area contributed by atoms with E-state index in [1.807, 2.05) is 0 Å². The number of aromatic nitrogens is 4.